The third kappa shape index (κ3) is 5.81. The fraction of sp³-hybridized carbons (Fsp3) is 0.696. The molecule has 2 amide bonds. The van der Waals surface area contributed by atoms with Gasteiger partial charge in [0.2, 0.25) is 0 Å². The number of urea groups is 1. The fourth-order valence-electron chi connectivity index (χ4n) is 5.13. The molecule has 8 nitrogen and oxygen atoms in total. The first-order valence-corrected chi connectivity index (χ1v) is 13.7. The molecular formula is C23H36N4O4S. The lowest BCUT2D eigenvalue weighted by Gasteiger charge is -2.38. The summed E-state index contributed by atoms with van der Waals surface area (Å²) in [6.45, 7) is 8.86. The number of ether oxygens (including phenoxy) is 1. The summed E-state index contributed by atoms with van der Waals surface area (Å²) in [7, 11) is -3.21. The molecule has 0 saturated carbocycles. The minimum atomic E-state index is -3.21. The topological polar surface area (TPSA) is 73.4 Å². The van der Waals surface area contributed by atoms with E-state index in [4.69, 9.17) is 4.74 Å². The van der Waals surface area contributed by atoms with Crippen LogP contribution in [-0.2, 0) is 21.1 Å². The third-order valence-electron chi connectivity index (χ3n) is 6.92. The smallest absolute Gasteiger partial charge is 0.320 e. The number of morpholine rings is 1. The highest BCUT2D eigenvalue weighted by Crippen LogP contribution is 2.23. The monoisotopic (exact) mass is 464 g/mol. The van der Waals surface area contributed by atoms with Crippen LogP contribution in [0.25, 0.3) is 0 Å². The zero-order valence-electron chi connectivity index (χ0n) is 19.1. The first-order chi connectivity index (χ1) is 15.4. The molecule has 4 rings (SSSR count). The minimum absolute atomic E-state index is 0.162. The van der Waals surface area contributed by atoms with Crippen molar-refractivity contribution in [2.45, 2.75) is 36.7 Å². The number of rotatable bonds is 4. The number of sulfone groups is 1. The molecule has 3 heterocycles. The zero-order valence-corrected chi connectivity index (χ0v) is 19.9. The number of nitrogens with zero attached hydrogens (tertiary/aromatic N) is 4. The molecule has 0 bridgehead atoms. The van der Waals surface area contributed by atoms with E-state index in [-0.39, 0.29) is 6.03 Å². The summed E-state index contributed by atoms with van der Waals surface area (Å²) < 4.78 is 29.6. The molecule has 0 unspecified atom stereocenters. The second-order valence-corrected chi connectivity index (χ2v) is 11.1. The highest BCUT2D eigenvalue weighted by molar-refractivity contribution is 7.90. The summed E-state index contributed by atoms with van der Waals surface area (Å²) in [6, 6.07) is 8.04. The predicted molar refractivity (Wildman–Crippen MR) is 123 cm³/mol. The number of amides is 2. The molecule has 3 aliphatic rings. The van der Waals surface area contributed by atoms with Crippen molar-refractivity contribution in [1.29, 1.82) is 0 Å². The van der Waals surface area contributed by atoms with Crippen molar-refractivity contribution in [2.24, 2.45) is 0 Å². The molecule has 3 saturated heterocycles. The van der Waals surface area contributed by atoms with Gasteiger partial charge < -0.3 is 14.5 Å². The summed E-state index contributed by atoms with van der Waals surface area (Å²) in [4.78, 5) is 22.1. The van der Waals surface area contributed by atoms with Crippen LogP contribution in [0.3, 0.4) is 0 Å². The zero-order chi connectivity index (χ0) is 22.6. The van der Waals surface area contributed by atoms with Crippen LogP contribution in [0.2, 0.25) is 0 Å². The maximum Gasteiger partial charge on any atom is 0.320 e. The standard InChI is InChI=1S/C23H36N4O4S/c1-32(29,30)22-6-3-2-5-20(22)19-24-11-7-21(8-12-24)25-9-4-10-26(14-13-25)23(28)27-15-17-31-18-16-27/h2-3,5-6,21H,4,7-19H2,1H3. The van der Waals surface area contributed by atoms with Gasteiger partial charge >= 0.3 is 6.03 Å². The van der Waals surface area contributed by atoms with Gasteiger partial charge in [0, 0.05) is 58.1 Å². The quantitative estimate of drug-likeness (QED) is 0.673. The van der Waals surface area contributed by atoms with Crippen LogP contribution in [0.4, 0.5) is 4.79 Å². The molecule has 0 N–H and O–H groups in total. The molecule has 1 aromatic carbocycles. The summed E-state index contributed by atoms with van der Waals surface area (Å²) in [6.07, 6.45) is 4.46. The van der Waals surface area contributed by atoms with Crippen LogP contribution in [0.1, 0.15) is 24.8 Å². The van der Waals surface area contributed by atoms with Crippen LogP contribution < -0.4 is 0 Å². The summed E-state index contributed by atoms with van der Waals surface area (Å²) in [5, 5.41) is 0. The Balaban J connectivity index is 1.27. The third-order valence-corrected chi connectivity index (χ3v) is 8.12. The molecule has 0 spiro atoms. The lowest BCUT2D eigenvalue weighted by atomic mass is 10.0. The van der Waals surface area contributed by atoms with E-state index in [0.717, 1.165) is 64.1 Å². The molecule has 0 atom stereocenters. The minimum Gasteiger partial charge on any atom is -0.378 e. The number of likely N-dealkylation sites (tertiary alicyclic amines) is 1. The normalized spacial score (nSPS) is 22.7. The highest BCUT2D eigenvalue weighted by Gasteiger charge is 2.29. The van der Waals surface area contributed by atoms with Crippen molar-refractivity contribution in [1.82, 2.24) is 19.6 Å². The van der Waals surface area contributed by atoms with Gasteiger partial charge in [-0.05, 0) is 44.0 Å². The molecular weight excluding hydrogens is 428 g/mol. The number of benzene rings is 1. The van der Waals surface area contributed by atoms with E-state index in [1.54, 1.807) is 12.1 Å². The van der Waals surface area contributed by atoms with Gasteiger partial charge in [-0.15, -0.1) is 0 Å². The van der Waals surface area contributed by atoms with E-state index in [1.165, 1.54) is 6.26 Å². The molecule has 3 fully saturated rings. The Morgan fingerprint density at radius 1 is 0.938 bits per heavy atom. The van der Waals surface area contributed by atoms with E-state index >= 15 is 0 Å². The Hall–Kier alpha value is -1.68. The molecule has 0 radical (unpaired) electrons. The molecule has 178 valence electrons. The van der Waals surface area contributed by atoms with Gasteiger partial charge in [-0.2, -0.15) is 0 Å². The number of carbonyl (C=O) groups is 1. The lowest BCUT2D eigenvalue weighted by molar-refractivity contribution is 0.0432. The lowest BCUT2D eigenvalue weighted by Crippen LogP contribution is -2.49. The fourth-order valence-corrected chi connectivity index (χ4v) is 6.06. The molecule has 9 heteroatoms. The Morgan fingerprint density at radius 2 is 1.62 bits per heavy atom. The molecule has 3 aliphatic heterocycles. The molecule has 32 heavy (non-hydrogen) atoms. The maximum atomic E-state index is 12.8. The van der Waals surface area contributed by atoms with Crippen molar-refractivity contribution < 1.29 is 17.9 Å². The van der Waals surface area contributed by atoms with Crippen molar-refractivity contribution in [3.8, 4) is 0 Å². The summed E-state index contributed by atoms with van der Waals surface area (Å²) in [5.74, 6) is 0. The maximum absolute atomic E-state index is 12.8. The highest BCUT2D eigenvalue weighted by atomic mass is 32.2. The second kappa shape index (κ2) is 10.5. The van der Waals surface area contributed by atoms with Crippen LogP contribution in [0, 0.1) is 0 Å². The van der Waals surface area contributed by atoms with Gasteiger partial charge in [0.1, 0.15) is 0 Å². The van der Waals surface area contributed by atoms with Gasteiger partial charge in [-0.25, -0.2) is 13.2 Å². The Kier molecular flexibility index (Phi) is 7.70. The summed E-state index contributed by atoms with van der Waals surface area (Å²) >= 11 is 0. The first-order valence-electron chi connectivity index (χ1n) is 11.8. The van der Waals surface area contributed by atoms with Crippen LogP contribution in [0.15, 0.2) is 29.2 Å². The summed E-state index contributed by atoms with van der Waals surface area (Å²) in [5.41, 5.74) is 0.889. The van der Waals surface area contributed by atoms with Gasteiger partial charge in [-0.1, -0.05) is 18.2 Å². The molecule has 0 aromatic heterocycles. The average Bonchev–Trinajstić information content (AvgIpc) is 3.06. The van der Waals surface area contributed by atoms with E-state index in [1.807, 2.05) is 21.9 Å². The van der Waals surface area contributed by atoms with E-state index in [0.29, 0.717) is 43.8 Å². The SMILES string of the molecule is CS(=O)(=O)c1ccccc1CN1CCC(N2CCCN(C(=O)N3CCOCC3)CC2)CC1. The average molecular weight is 465 g/mol. The van der Waals surface area contributed by atoms with Crippen LogP contribution in [0.5, 0.6) is 0 Å². The van der Waals surface area contributed by atoms with Crippen molar-refractivity contribution >= 4 is 15.9 Å². The van der Waals surface area contributed by atoms with Gasteiger partial charge in [-0.3, -0.25) is 9.80 Å². The Morgan fingerprint density at radius 3 is 2.34 bits per heavy atom. The van der Waals surface area contributed by atoms with E-state index in [2.05, 4.69) is 9.80 Å². The second-order valence-electron chi connectivity index (χ2n) is 9.15. The van der Waals surface area contributed by atoms with Crippen molar-refractivity contribution in [2.75, 3.05) is 71.8 Å². The van der Waals surface area contributed by atoms with Crippen molar-refractivity contribution in [3.63, 3.8) is 0 Å². The van der Waals surface area contributed by atoms with E-state index in [9.17, 15) is 13.2 Å². The van der Waals surface area contributed by atoms with Gasteiger partial charge in [0.15, 0.2) is 9.84 Å². The van der Waals surface area contributed by atoms with Crippen LogP contribution >= 0.6 is 0 Å². The Bertz CT molecular complexity index is 880. The van der Waals surface area contributed by atoms with Crippen LogP contribution in [-0.4, -0.2) is 112 Å². The molecule has 0 aliphatic carbocycles. The van der Waals surface area contributed by atoms with E-state index < -0.39 is 9.84 Å². The van der Waals surface area contributed by atoms with Gasteiger partial charge in [0.25, 0.3) is 0 Å². The number of carbonyl (C=O) groups excluding carboxylic acids is 1. The number of hydrogen-bond donors (Lipinski definition) is 0. The van der Waals surface area contributed by atoms with Crippen molar-refractivity contribution in [3.05, 3.63) is 29.8 Å². The first kappa shape index (κ1) is 23.5. The Labute approximate surface area is 192 Å². The number of piperidine rings is 1. The largest absolute Gasteiger partial charge is 0.378 e. The van der Waals surface area contributed by atoms with Gasteiger partial charge in [0.05, 0.1) is 18.1 Å². The molecule has 1 aromatic rings. The number of hydrogen-bond acceptors (Lipinski definition) is 6. The predicted octanol–water partition coefficient (Wildman–Crippen LogP) is 1.51.